The Bertz CT molecular complexity index is 518. The normalized spacial score (nSPS) is 11.3. The zero-order chi connectivity index (χ0) is 12.8. The molecule has 3 nitrogen and oxygen atoms in total. The lowest BCUT2D eigenvalue weighted by molar-refractivity contribution is 0.306. The van der Waals surface area contributed by atoms with Gasteiger partial charge < -0.3 is 10.5 Å². The minimum atomic E-state index is 0.532. The Balaban J connectivity index is 1.99. The highest BCUT2D eigenvalue weighted by atomic mass is 16.5. The SMILES string of the molecule is CN=C(N)c1ccc(OCc2ccccc2)cc1. The Morgan fingerprint density at radius 2 is 1.72 bits per heavy atom. The fourth-order valence-corrected chi connectivity index (χ4v) is 1.59. The van der Waals surface area contributed by atoms with Crippen molar-refractivity contribution in [1.82, 2.24) is 0 Å². The molecule has 0 fully saturated rings. The Kier molecular flexibility index (Phi) is 3.97. The average molecular weight is 240 g/mol. The molecule has 0 aliphatic carbocycles. The van der Waals surface area contributed by atoms with E-state index in [0.29, 0.717) is 12.4 Å². The standard InChI is InChI=1S/C15H16N2O/c1-17-15(16)13-7-9-14(10-8-13)18-11-12-5-3-2-4-6-12/h2-10H,11H2,1H3,(H2,16,17). The van der Waals surface area contributed by atoms with Crippen LogP contribution in [0.5, 0.6) is 5.75 Å². The van der Waals surface area contributed by atoms with Gasteiger partial charge in [-0.25, -0.2) is 0 Å². The summed E-state index contributed by atoms with van der Waals surface area (Å²) >= 11 is 0. The van der Waals surface area contributed by atoms with E-state index in [1.165, 1.54) is 0 Å². The van der Waals surface area contributed by atoms with Crippen molar-refractivity contribution in [1.29, 1.82) is 0 Å². The van der Waals surface area contributed by atoms with E-state index in [1.807, 2.05) is 54.6 Å². The molecule has 0 spiro atoms. The summed E-state index contributed by atoms with van der Waals surface area (Å²) in [6, 6.07) is 17.7. The molecule has 0 unspecified atom stereocenters. The fourth-order valence-electron chi connectivity index (χ4n) is 1.59. The molecule has 0 heterocycles. The van der Waals surface area contributed by atoms with Crippen LogP contribution in [0.4, 0.5) is 0 Å². The number of aliphatic imine (C=N–C) groups is 1. The number of benzene rings is 2. The lowest BCUT2D eigenvalue weighted by atomic mass is 10.2. The maximum atomic E-state index is 5.72. The lowest BCUT2D eigenvalue weighted by Crippen LogP contribution is -2.12. The molecule has 0 saturated heterocycles. The van der Waals surface area contributed by atoms with E-state index in [1.54, 1.807) is 7.05 Å². The highest BCUT2D eigenvalue weighted by Gasteiger charge is 1.99. The van der Waals surface area contributed by atoms with E-state index < -0.39 is 0 Å². The summed E-state index contributed by atoms with van der Waals surface area (Å²) in [6.07, 6.45) is 0. The summed E-state index contributed by atoms with van der Waals surface area (Å²) in [5.74, 6) is 1.36. The second-order valence-electron chi connectivity index (χ2n) is 3.91. The molecule has 2 aromatic carbocycles. The number of hydrogen-bond donors (Lipinski definition) is 1. The van der Waals surface area contributed by atoms with Crippen LogP contribution in [0.25, 0.3) is 0 Å². The van der Waals surface area contributed by atoms with Gasteiger partial charge in [-0.15, -0.1) is 0 Å². The summed E-state index contributed by atoms with van der Waals surface area (Å²) in [4.78, 5) is 3.94. The van der Waals surface area contributed by atoms with Gasteiger partial charge >= 0.3 is 0 Å². The summed E-state index contributed by atoms with van der Waals surface area (Å²) in [5.41, 5.74) is 7.77. The van der Waals surface area contributed by atoms with Crippen LogP contribution in [-0.2, 0) is 6.61 Å². The number of nitrogens with zero attached hydrogens (tertiary/aromatic N) is 1. The van der Waals surface area contributed by atoms with Gasteiger partial charge in [0.2, 0.25) is 0 Å². The number of nitrogens with two attached hydrogens (primary N) is 1. The van der Waals surface area contributed by atoms with E-state index in [-0.39, 0.29) is 0 Å². The number of amidine groups is 1. The predicted molar refractivity (Wildman–Crippen MR) is 73.9 cm³/mol. The van der Waals surface area contributed by atoms with Crippen LogP contribution >= 0.6 is 0 Å². The molecule has 0 atom stereocenters. The number of rotatable bonds is 4. The summed E-state index contributed by atoms with van der Waals surface area (Å²) < 4.78 is 5.68. The largest absolute Gasteiger partial charge is 0.489 e. The second kappa shape index (κ2) is 5.87. The Hall–Kier alpha value is -2.29. The van der Waals surface area contributed by atoms with Gasteiger partial charge in [-0.1, -0.05) is 30.3 Å². The van der Waals surface area contributed by atoms with Crippen molar-refractivity contribution in [2.45, 2.75) is 6.61 Å². The first-order valence-corrected chi connectivity index (χ1v) is 5.79. The molecule has 18 heavy (non-hydrogen) atoms. The molecule has 0 aliphatic heterocycles. The van der Waals surface area contributed by atoms with Crippen LogP contribution in [0.15, 0.2) is 59.6 Å². The van der Waals surface area contributed by atoms with Gasteiger partial charge in [0.1, 0.15) is 18.2 Å². The van der Waals surface area contributed by atoms with Crippen molar-refractivity contribution in [3.05, 3.63) is 65.7 Å². The van der Waals surface area contributed by atoms with Gasteiger partial charge in [-0.3, -0.25) is 4.99 Å². The van der Waals surface area contributed by atoms with Crippen LogP contribution < -0.4 is 10.5 Å². The first-order chi connectivity index (χ1) is 8.79. The summed E-state index contributed by atoms with van der Waals surface area (Å²) in [5, 5.41) is 0. The zero-order valence-corrected chi connectivity index (χ0v) is 10.3. The van der Waals surface area contributed by atoms with E-state index >= 15 is 0 Å². The highest BCUT2D eigenvalue weighted by molar-refractivity contribution is 5.97. The molecular formula is C15H16N2O. The number of hydrogen-bond acceptors (Lipinski definition) is 2. The smallest absolute Gasteiger partial charge is 0.125 e. The van der Waals surface area contributed by atoms with E-state index in [9.17, 15) is 0 Å². The van der Waals surface area contributed by atoms with Crippen LogP contribution in [0.1, 0.15) is 11.1 Å². The van der Waals surface area contributed by atoms with Crippen molar-refractivity contribution in [2.24, 2.45) is 10.7 Å². The van der Waals surface area contributed by atoms with Crippen LogP contribution in [0, 0.1) is 0 Å². The van der Waals surface area contributed by atoms with Gasteiger partial charge in [0.05, 0.1) is 0 Å². The zero-order valence-electron chi connectivity index (χ0n) is 10.3. The van der Waals surface area contributed by atoms with Crippen molar-refractivity contribution in [2.75, 3.05) is 7.05 Å². The molecule has 92 valence electrons. The maximum Gasteiger partial charge on any atom is 0.125 e. The second-order valence-corrected chi connectivity index (χ2v) is 3.91. The minimum absolute atomic E-state index is 0.532. The first-order valence-electron chi connectivity index (χ1n) is 5.79. The van der Waals surface area contributed by atoms with Gasteiger partial charge in [-0.05, 0) is 29.8 Å². The van der Waals surface area contributed by atoms with Crippen molar-refractivity contribution in [3.63, 3.8) is 0 Å². The van der Waals surface area contributed by atoms with Crippen molar-refractivity contribution >= 4 is 5.84 Å². The third-order valence-corrected chi connectivity index (χ3v) is 2.64. The molecule has 0 aliphatic rings. The predicted octanol–water partition coefficient (Wildman–Crippen LogP) is 2.60. The van der Waals surface area contributed by atoms with Crippen molar-refractivity contribution in [3.8, 4) is 5.75 Å². The molecule has 0 radical (unpaired) electrons. The Morgan fingerprint density at radius 1 is 1.06 bits per heavy atom. The summed E-state index contributed by atoms with van der Waals surface area (Å²) in [7, 11) is 1.68. The Morgan fingerprint density at radius 3 is 2.33 bits per heavy atom. The lowest BCUT2D eigenvalue weighted by Gasteiger charge is -2.07. The monoisotopic (exact) mass is 240 g/mol. The van der Waals surface area contributed by atoms with Gasteiger partial charge in [-0.2, -0.15) is 0 Å². The fraction of sp³-hybridized carbons (Fsp3) is 0.133. The van der Waals surface area contributed by atoms with Gasteiger partial charge in [0.15, 0.2) is 0 Å². The van der Waals surface area contributed by atoms with Crippen LogP contribution in [0.2, 0.25) is 0 Å². The molecule has 2 rings (SSSR count). The van der Waals surface area contributed by atoms with Gasteiger partial charge in [0.25, 0.3) is 0 Å². The van der Waals surface area contributed by atoms with E-state index in [2.05, 4.69) is 4.99 Å². The van der Waals surface area contributed by atoms with E-state index in [0.717, 1.165) is 16.9 Å². The molecule has 0 bridgehead atoms. The molecule has 2 N–H and O–H groups in total. The average Bonchev–Trinajstić information content (AvgIpc) is 2.46. The molecule has 3 heteroatoms. The van der Waals surface area contributed by atoms with Gasteiger partial charge in [0, 0.05) is 12.6 Å². The minimum Gasteiger partial charge on any atom is -0.489 e. The number of ether oxygens (including phenoxy) is 1. The van der Waals surface area contributed by atoms with Crippen molar-refractivity contribution < 1.29 is 4.74 Å². The molecule has 0 saturated carbocycles. The quantitative estimate of drug-likeness (QED) is 0.659. The molecular weight excluding hydrogens is 224 g/mol. The van der Waals surface area contributed by atoms with Crippen LogP contribution in [-0.4, -0.2) is 12.9 Å². The summed E-state index contributed by atoms with van der Waals surface area (Å²) in [6.45, 7) is 0.567. The molecule has 0 amide bonds. The van der Waals surface area contributed by atoms with Crippen LogP contribution in [0.3, 0.4) is 0 Å². The topological polar surface area (TPSA) is 47.6 Å². The molecule has 2 aromatic rings. The Labute approximate surface area is 107 Å². The van der Waals surface area contributed by atoms with E-state index in [4.69, 9.17) is 10.5 Å². The maximum absolute atomic E-state index is 5.72. The molecule has 0 aromatic heterocycles. The third kappa shape index (κ3) is 3.10. The first kappa shape index (κ1) is 12.2. The highest BCUT2D eigenvalue weighted by Crippen LogP contribution is 2.14. The third-order valence-electron chi connectivity index (χ3n) is 2.64.